The molecule has 2 bridgehead atoms. The molecule has 1 aromatic rings. The SMILES string of the molecule is CC(C)n1ncnc1CC(NN)C1CN2CCN1CC2. The van der Waals surface area contributed by atoms with Crippen molar-refractivity contribution < 1.29 is 0 Å². The zero-order valence-corrected chi connectivity index (χ0v) is 12.4. The summed E-state index contributed by atoms with van der Waals surface area (Å²) in [5.41, 5.74) is 3.01. The quantitative estimate of drug-likeness (QED) is 0.545. The Hall–Kier alpha value is -1.02. The summed E-state index contributed by atoms with van der Waals surface area (Å²) in [4.78, 5) is 9.49. The molecule has 2 unspecified atom stereocenters. The summed E-state index contributed by atoms with van der Waals surface area (Å²) in [6.07, 6.45) is 2.46. The number of nitrogens with zero attached hydrogens (tertiary/aromatic N) is 5. The third-order valence-corrected chi connectivity index (χ3v) is 4.54. The van der Waals surface area contributed by atoms with Gasteiger partial charge in [0.05, 0.1) is 0 Å². The van der Waals surface area contributed by atoms with Crippen LogP contribution in [0.4, 0.5) is 0 Å². The standard InChI is InChI=1S/C13H25N7/c1-10(2)20-13(15-9-16-20)7-11(17-14)12-8-18-3-5-19(12)6-4-18/h9-12,17H,3-8,14H2,1-2H3. The first-order chi connectivity index (χ1) is 9.69. The smallest absolute Gasteiger partial charge is 0.138 e. The summed E-state index contributed by atoms with van der Waals surface area (Å²) in [7, 11) is 0. The van der Waals surface area contributed by atoms with E-state index in [2.05, 4.69) is 39.2 Å². The zero-order valence-electron chi connectivity index (χ0n) is 12.4. The molecular formula is C13H25N7. The highest BCUT2D eigenvalue weighted by atomic mass is 15.4. The molecule has 1 aromatic heterocycles. The fourth-order valence-corrected chi connectivity index (χ4v) is 3.39. The van der Waals surface area contributed by atoms with Gasteiger partial charge in [-0.05, 0) is 13.8 Å². The molecule has 0 spiro atoms. The molecule has 4 heterocycles. The molecule has 4 rings (SSSR count). The fourth-order valence-electron chi connectivity index (χ4n) is 3.39. The van der Waals surface area contributed by atoms with Crippen molar-refractivity contribution in [3.8, 4) is 0 Å². The van der Waals surface area contributed by atoms with Gasteiger partial charge in [-0.1, -0.05) is 0 Å². The Balaban J connectivity index is 1.72. The van der Waals surface area contributed by atoms with E-state index >= 15 is 0 Å². The molecule has 3 aliphatic heterocycles. The average Bonchev–Trinajstić information content (AvgIpc) is 2.94. The van der Waals surface area contributed by atoms with E-state index in [0.29, 0.717) is 12.1 Å². The second kappa shape index (κ2) is 5.77. The molecule has 0 amide bonds. The number of nitrogens with one attached hydrogen (secondary N) is 1. The van der Waals surface area contributed by atoms with Gasteiger partial charge in [-0.3, -0.25) is 21.1 Å². The predicted molar refractivity (Wildman–Crippen MR) is 77.0 cm³/mol. The zero-order chi connectivity index (χ0) is 14.1. The number of piperazine rings is 3. The summed E-state index contributed by atoms with van der Waals surface area (Å²) in [6, 6.07) is 1.03. The van der Waals surface area contributed by atoms with Gasteiger partial charge in [0.15, 0.2) is 0 Å². The molecule has 0 saturated carbocycles. The first kappa shape index (κ1) is 13.9. The Morgan fingerprint density at radius 3 is 2.65 bits per heavy atom. The summed E-state index contributed by atoms with van der Waals surface area (Å²) in [6.45, 7) is 10.0. The number of hydrogen-bond donors (Lipinski definition) is 2. The van der Waals surface area contributed by atoms with Crippen LogP contribution in [0.15, 0.2) is 6.33 Å². The fraction of sp³-hybridized carbons (Fsp3) is 0.846. The minimum atomic E-state index is 0.222. The maximum Gasteiger partial charge on any atom is 0.138 e. The van der Waals surface area contributed by atoms with Crippen LogP contribution in [-0.4, -0.2) is 69.4 Å². The van der Waals surface area contributed by atoms with Gasteiger partial charge in [0.25, 0.3) is 0 Å². The Morgan fingerprint density at radius 2 is 2.10 bits per heavy atom. The van der Waals surface area contributed by atoms with Crippen LogP contribution in [0.3, 0.4) is 0 Å². The maximum atomic E-state index is 5.83. The molecule has 7 heteroatoms. The lowest BCUT2D eigenvalue weighted by atomic mass is 9.97. The first-order valence-corrected chi connectivity index (χ1v) is 7.50. The van der Waals surface area contributed by atoms with Gasteiger partial charge in [0.1, 0.15) is 12.2 Å². The summed E-state index contributed by atoms with van der Waals surface area (Å²) in [5, 5.41) is 4.31. The lowest BCUT2D eigenvalue weighted by molar-refractivity contribution is -0.00359. The van der Waals surface area contributed by atoms with Crippen molar-refractivity contribution in [1.82, 2.24) is 30.0 Å². The van der Waals surface area contributed by atoms with Gasteiger partial charge in [0.2, 0.25) is 0 Å². The van der Waals surface area contributed by atoms with E-state index in [0.717, 1.165) is 31.9 Å². The van der Waals surface area contributed by atoms with Gasteiger partial charge in [-0.2, -0.15) is 5.10 Å². The molecule has 112 valence electrons. The van der Waals surface area contributed by atoms with E-state index in [9.17, 15) is 0 Å². The molecule has 2 atom stereocenters. The summed E-state index contributed by atoms with van der Waals surface area (Å²) >= 11 is 0. The van der Waals surface area contributed by atoms with E-state index in [1.807, 2.05) is 4.68 Å². The summed E-state index contributed by atoms with van der Waals surface area (Å²) < 4.78 is 1.99. The molecular weight excluding hydrogens is 254 g/mol. The molecule has 3 N–H and O–H groups in total. The second-order valence-electron chi connectivity index (χ2n) is 6.10. The molecule has 0 aliphatic carbocycles. The normalized spacial score (nSPS) is 30.9. The van der Waals surface area contributed by atoms with Gasteiger partial charge < -0.3 is 0 Å². The van der Waals surface area contributed by atoms with Crippen LogP contribution in [-0.2, 0) is 6.42 Å². The monoisotopic (exact) mass is 279 g/mol. The third-order valence-electron chi connectivity index (χ3n) is 4.54. The highest BCUT2D eigenvalue weighted by molar-refractivity contribution is 5.00. The van der Waals surface area contributed by atoms with Crippen molar-refractivity contribution in [1.29, 1.82) is 0 Å². The van der Waals surface area contributed by atoms with E-state index in [1.54, 1.807) is 6.33 Å². The van der Waals surface area contributed by atoms with E-state index in [-0.39, 0.29) is 6.04 Å². The molecule has 0 radical (unpaired) electrons. The minimum absolute atomic E-state index is 0.222. The lowest BCUT2D eigenvalue weighted by Gasteiger charge is -2.50. The Labute approximate surface area is 120 Å². The highest BCUT2D eigenvalue weighted by Gasteiger charge is 2.36. The van der Waals surface area contributed by atoms with Gasteiger partial charge in [-0.15, -0.1) is 0 Å². The minimum Gasteiger partial charge on any atom is -0.299 e. The van der Waals surface area contributed by atoms with Gasteiger partial charge in [-0.25, -0.2) is 9.67 Å². The van der Waals surface area contributed by atoms with Gasteiger partial charge in [0, 0.05) is 57.3 Å². The van der Waals surface area contributed by atoms with Crippen LogP contribution in [0.1, 0.15) is 25.7 Å². The molecule has 20 heavy (non-hydrogen) atoms. The van der Waals surface area contributed by atoms with E-state index in [4.69, 9.17) is 5.84 Å². The predicted octanol–water partition coefficient (Wildman–Crippen LogP) is -0.767. The van der Waals surface area contributed by atoms with Crippen molar-refractivity contribution in [2.45, 2.75) is 38.4 Å². The van der Waals surface area contributed by atoms with Crippen LogP contribution in [0, 0.1) is 0 Å². The van der Waals surface area contributed by atoms with Gasteiger partial charge >= 0.3 is 0 Å². The Kier molecular flexibility index (Phi) is 4.02. The van der Waals surface area contributed by atoms with Crippen LogP contribution < -0.4 is 11.3 Å². The number of rotatable bonds is 5. The summed E-state index contributed by atoms with van der Waals surface area (Å²) in [5.74, 6) is 6.84. The number of nitrogens with two attached hydrogens (primary N) is 1. The number of fused-ring (bicyclic) bond motifs is 3. The maximum absolute atomic E-state index is 5.83. The first-order valence-electron chi connectivity index (χ1n) is 7.50. The second-order valence-corrected chi connectivity index (χ2v) is 6.10. The highest BCUT2D eigenvalue weighted by Crippen LogP contribution is 2.20. The van der Waals surface area contributed by atoms with Crippen molar-refractivity contribution in [2.75, 3.05) is 32.7 Å². The molecule has 3 fully saturated rings. The number of hydrogen-bond acceptors (Lipinski definition) is 6. The van der Waals surface area contributed by atoms with Crippen LogP contribution >= 0.6 is 0 Å². The molecule has 3 aliphatic rings. The largest absolute Gasteiger partial charge is 0.299 e. The lowest BCUT2D eigenvalue weighted by Crippen LogP contribution is -2.67. The molecule has 3 saturated heterocycles. The van der Waals surface area contributed by atoms with Crippen molar-refractivity contribution >= 4 is 0 Å². The average molecular weight is 279 g/mol. The topological polar surface area (TPSA) is 75.2 Å². The molecule has 7 nitrogen and oxygen atoms in total. The Bertz CT molecular complexity index is 436. The molecule has 0 aromatic carbocycles. The third kappa shape index (κ3) is 2.58. The Morgan fingerprint density at radius 1 is 1.35 bits per heavy atom. The van der Waals surface area contributed by atoms with Crippen molar-refractivity contribution in [3.05, 3.63) is 12.2 Å². The van der Waals surface area contributed by atoms with Crippen molar-refractivity contribution in [2.24, 2.45) is 5.84 Å². The van der Waals surface area contributed by atoms with Crippen LogP contribution in [0.25, 0.3) is 0 Å². The van der Waals surface area contributed by atoms with E-state index in [1.165, 1.54) is 13.1 Å². The number of hydrazine groups is 1. The van der Waals surface area contributed by atoms with Crippen LogP contribution in [0.2, 0.25) is 0 Å². The van der Waals surface area contributed by atoms with Crippen LogP contribution in [0.5, 0.6) is 0 Å². The van der Waals surface area contributed by atoms with E-state index < -0.39 is 0 Å². The van der Waals surface area contributed by atoms with Crippen molar-refractivity contribution in [3.63, 3.8) is 0 Å². The number of aromatic nitrogens is 3.